The molecule has 1 atom stereocenters. The number of hydrogen-bond donors (Lipinski definition) is 1. The van der Waals surface area contributed by atoms with Gasteiger partial charge in [0.05, 0.1) is 12.2 Å². The second-order valence-corrected chi connectivity index (χ2v) is 6.89. The van der Waals surface area contributed by atoms with Crippen LogP contribution in [-0.4, -0.2) is 31.1 Å². The summed E-state index contributed by atoms with van der Waals surface area (Å²) < 4.78 is 11.1. The van der Waals surface area contributed by atoms with Crippen LogP contribution in [0.5, 0.6) is 5.75 Å². The van der Waals surface area contributed by atoms with Gasteiger partial charge in [0.15, 0.2) is 0 Å². The standard InChI is InChI=1S/C24H24N2O3/c1-28-15-16-29-22-14-8-6-12-20(22)23-25-21-13-7-5-11-19(21)24(27)26(23)17-18-9-3-2-4-10-18/h2-14,23,25H,15-17H2,1H3. The van der Waals surface area contributed by atoms with Gasteiger partial charge in [-0.15, -0.1) is 0 Å². The minimum absolute atomic E-state index is 0.0000948. The van der Waals surface area contributed by atoms with E-state index in [2.05, 4.69) is 5.32 Å². The lowest BCUT2D eigenvalue weighted by molar-refractivity contribution is 0.0662. The van der Waals surface area contributed by atoms with Gasteiger partial charge in [0.1, 0.15) is 18.5 Å². The van der Waals surface area contributed by atoms with Crippen molar-refractivity contribution >= 4 is 11.6 Å². The second kappa shape index (κ2) is 8.80. The van der Waals surface area contributed by atoms with Crippen molar-refractivity contribution in [3.63, 3.8) is 0 Å². The fourth-order valence-electron chi connectivity index (χ4n) is 3.55. The minimum atomic E-state index is -0.337. The van der Waals surface area contributed by atoms with E-state index in [-0.39, 0.29) is 12.1 Å². The van der Waals surface area contributed by atoms with Gasteiger partial charge in [-0.2, -0.15) is 0 Å². The van der Waals surface area contributed by atoms with Gasteiger partial charge >= 0.3 is 0 Å². The lowest BCUT2D eigenvalue weighted by Crippen LogP contribution is -2.42. The lowest BCUT2D eigenvalue weighted by atomic mass is 10.0. The van der Waals surface area contributed by atoms with Crippen molar-refractivity contribution in [2.24, 2.45) is 0 Å². The molecule has 29 heavy (non-hydrogen) atoms. The number of amides is 1. The molecule has 5 nitrogen and oxygen atoms in total. The number of nitrogens with zero attached hydrogens (tertiary/aromatic N) is 1. The highest BCUT2D eigenvalue weighted by Gasteiger charge is 2.34. The van der Waals surface area contributed by atoms with Gasteiger partial charge in [-0.3, -0.25) is 4.79 Å². The van der Waals surface area contributed by atoms with E-state index >= 15 is 0 Å². The first-order valence-corrected chi connectivity index (χ1v) is 9.69. The Morgan fingerprint density at radius 1 is 0.897 bits per heavy atom. The molecule has 1 amide bonds. The number of ether oxygens (including phenoxy) is 2. The molecule has 1 unspecified atom stereocenters. The Labute approximate surface area is 170 Å². The fraction of sp³-hybridized carbons (Fsp3) is 0.208. The van der Waals surface area contributed by atoms with Crippen LogP contribution in [0.1, 0.15) is 27.7 Å². The van der Waals surface area contributed by atoms with Crippen molar-refractivity contribution in [2.75, 3.05) is 25.6 Å². The highest BCUT2D eigenvalue weighted by molar-refractivity contribution is 6.01. The number of anilines is 1. The number of carbonyl (C=O) groups excluding carboxylic acids is 1. The van der Waals surface area contributed by atoms with Crippen molar-refractivity contribution in [1.29, 1.82) is 0 Å². The quantitative estimate of drug-likeness (QED) is 0.607. The number of hydrogen-bond acceptors (Lipinski definition) is 4. The fourth-order valence-corrected chi connectivity index (χ4v) is 3.55. The third-order valence-corrected chi connectivity index (χ3v) is 4.98. The smallest absolute Gasteiger partial charge is 0.258 e. The molecule has 1 aliphatic heterocycles. The normalized spacial score (nSPS) is 15.6. The monoisotopic (exact) mass is 388 g/mol. The molecule has 1 heterocycles. The SMILES string of the molecule is COCCOc1ccccc1C1Nc2ccccc2C(=O)N1Cc1ccccc1. The predicted molar refractivity (Wildman–Crippen MR) is 113 cm³/mol. The molecule has 0 saturated carbocycles. The maximum Gasteiger partial charge on any atom is 0.258 e. The van der Waals surface area contributed by atoms with Gasteiger partial charge < -0.3 is 19.7 Å². The highest BCUT2D eigenvalue weighted by Crippen LogP contribution is 2.37. The minimum Gasteiger partial charge on any atom is -0.491 e. The molecular weight excluding hydrogens is 364 g/mol. The molecular formula is C24H24N2O3. The van der Waals surface area contributed by atoms with Crippen LogP contribution in [0.3, 0.4) is 0 Å². The van der Waals surface area contributed by atoms with Crippen LogP contribution in [0.15, 0.2) is 78.9 Å². The van der Waals surface area contributed by atoms with Gasteiger partial charge in [-0.1, -0.05) is 60.7 Å². The first-order valence-electron chi connectivity index (χ1n) is 9.69. The Kier molecular flexibility index (Phi) is 5.77. The molecule has 0 aliphatic carbocycles. The van der Waals surface area contributed by atoms with E-state index in [0.717, 1.165) is 22.6 Å². The van der Waals surface area contributed by atoms with Crippen molar-refractivity contribution in [3.8, 4) is 5.75 Å². The molecule has 0 radical (unpaired) electrons. The number of methoxy groups -OCH3 is 1. The molecule has 0 bridgehead atoms. The van der Waals surface area contributed by atoms with Gasteiger partial charge in [0, 0.05) is 24.9 Å². The van der Waals surface area contributed by atoms with Crippen LogP contribution >= 0.6 is 0 Å². The second-order valence-electron chi connectivity index (χ2n) is 6.89. The van der Waals surface area contributed by atoms with Crippen LogP contribution < -0.4 is 10.1 Å². The summed E-state index contributed by atoms with van der Waals surface area (Å²) in [6.07, 6.45) is -0.337. The van der Waals surface area contributed by atoms with E-state index in [1.165, 1.54) is 0 Å². The Balaban J connectivity index is 1.72. The average Bonchev–Trinajstić information content (AvgIpc) is 2.77. The van der Waals surface area contributed by atoms with E-state index in [0.29, 0.717) is 25.3 Å². The third-order valence-electron chi connectivity index (χ3n) is 4.98. The summed E-state index contributed by atoms with van der Waals surface area (Å²) in [5.41, 5.74) is 3.50. The Morgan fingerprint density at radius 2 is 1.62 bits per heavy atom. The predicted octanol–water partition coefficient (Wildman–Crippen LogP) is 4.48. The van der Waals surface area contributed by atoms with Crippen LogP contribution in [0.2, 0.25) is 0 Å². The molecule has 0 aromatic heterocycles. The molecule has 148 valence electrons. The zero-order valence-corrected chi connectivity index (χ0v) is 16.4. The third kappa shape index (κ3) is 4.10. The van der Waals surface area contributed by atoms with Crippen LogP contribution in [0.4, 0.5) is 5.69 Å². The summed E-state index contributed by atoms with van der Waals surface area (Å²) in [5.74, 6) is 0.743. The molecule has 0 spiro atoms. The molecule has 0 fully saturated rings. The summed E-state index contributed by atoms with van der Waals surface area (Å²) >= 11 is 0. The number of nitrogens with one attached hydrogen (secondary N) is 1. The summed E-state index contributed by atoms with van der Waals surface area (Å²) in [6.45, 7) is 1.45. The average molecular weight is 388 g/mol. The van der Waals surface area contributed by atoms with Crippen LogP contribution in [0.25, 0.3) is 0 Å². The Bertz CT molecular complexity index is 975. The Hall–Kier alpha value is -3.31. The zero-order chi connectivity index (χ0) is 20.1. The first-order chi connectivity index (χ1) is 14.3. The molecule has 1 N–H and O–H groups in total. The number of para-hydroxylation sites is 2. The Morgan fingerprint density at radius 3 is 2.45 bits per heavy atom. The topological polar surface area (TPSA) is 50.8 Å². The van der Waals surface area contributed by atoms with Crippen molar-refractivity contribution < 1.29 is 14.3 Å². The summed E-state index contributed by atoms with van der Waals surface area (Å²) in [7, 11) is 1.65. The van der Waals surface area contributed by atoms with Crippen molar-refractivity contribution in [3.05, 3.63) is 95.6 Å². The zero-order valence-electron chi connectivity index (χ0n) is 16.4. The number of fused-ring (bicyclic) bond motifs is 1. The van der Waals surface area contributed by atoms with Gasteiger partial charge in [0.25, 0.3) is 5.91 Å². The molecule has 1 aliphatic rings. The van der Waals surface area contributed by atoms with Crippen molar-refractivity contribution in [1.82, 2.24) is 4.90 Å². The van der Waals surface area contributed by atoms with Crippen LogP contribution in [0, 0.1) is 0 Å². The number of carbonyl (C=O) groups is 1. The largest absolute Gasteiger partial charge is 0.491 e. The number of rotatable bonds is 7. The molecule has 3 aromatic carbocycles. The van der Waals surface area contributed by atoms with E-state index in [1.807, 2.05) is 83.8 Å². The van der Waals surface area contributed by atoms with E-state index in [1.54, 1.807) is 7.11 Å². The summed E-state index contributed by atoms with van der Waals surface area (Å²) in [6, 6.07) is 25.5. The van der Waals surface area contributed by atoms with E-state index < -0.39 is 0 Å². The van der Waals surface area contributed by atoms with Gasteiger partial charge in [-0.05, 0) is 23.8 Å². The molecule has 0 saturated heterocycles. The summed E-state index contributed by atoms with van der Waals surface area (Å²) in [5, 5.41) is 3.54. The van der Waals surface area contributed by atoms with E-state index in [4.69, 9.17) is 9.47 Å². The van der Waals surface area contributed by atoms with E-state index in [9.17, 15) is 4.79 Å². The van der Waals surface area contributed by atoms with Crippen molar-refractivity contribution in [2.45, 2.75) is 12.7 Å². The number of benzene rings is 3. The maximum atomic E-state index is 13.4. The van der Waals surface area contributed by atoms with Gasteiger partial charge in [-0.25, -0.2) is 0 Å². The van der Waals surface area contributed by atoms with Crippen LogP contribution in [-0.2, 0) is 11.3 Å². The first kappa shape index (κ1) is 19.0. The van der Waals surface area contributed by atoms with Gasteiger partial charge in [0.2, 0.25) is 0 Å². The maximum absolute atomic E-state index is 13.4. The molecule has 3 aromatic rings. The lowest BCUT2D eigenvalue weighted by Gasteiger charge is -2.38. The molecule has 4 rings (SSSR count). The molecule has 5 heteroatoms. The summed E-state index contributed by atoms with van der Waals surface area (Å²) in [4.78, 5) is 15.3. The highest BCUT2D eigenvalue weighted by atomic mass is 16.5.